The third-order valence-corrected chi connectivity index (χ3v) is 5.65. The molecular weight excluding hydrogens is 330 g/mol. The molecule has 5 heteroatoms. The van der Waals surface area contributed by atoms with Crippen molar-refractivity contribution in [3.05, 3.63) is 64.7 Å². The van der Waals surface area contributed by atoms with Crippen molar-refractivity contribution >= 4 is 17.5 Å². The van der Waals surface area contributed by atoms with Crippen molar-refractivity contribution in [2.45, 2.75) is 32.9 Å². The molecule has 0 spiro atoms. The third kappa shape index (κ3) is 3.42. The molecule has 0 amide bonds. The Labute approximate surface area is 152 Å². The molecular formula is C20H23N3OS. The predicted molar refractivity (Wildman–Crippen MR) is 103 cm³/mol. The van der Waals surface area contributed by atoms with E-state index >= 15 is 0 Å². The minimum atomic E-state index is 0.135. The number of rotatable bonds is 5. The van der Waals surface area contributed by atoms with Gasteiger partial charge in [0.2, 0.25) is 0 Å². The van der Waals surface area contributed by atoms with Crippen molar-refractivity contribution in [3.8, 4) is 5.69 Å². The quantitative estimate of drug-likeness (QED) is 0.503. The number of aryl methyl sites for hydroxylation is 4. The van der Waals surface area contributed by atoms with Crippen molar-refractivity contribution in [3.63, 3.8) is 0 Å². The summed E-state index contributed by atoms with van der Waals surface area (Å²) in [6.45, 7) is 8.28. The topological polar surface area (TPSA) is 39.8 Å². The molecule has 0 saturated carbocycles. The van der Waals surface area contributed by atoms with Crippen LogP contribution >= 0.6 is 11.8 Å². The van der Waals surface area contributed by atoms with Gasteiger partial charge in [-0.05, 0) is 57.0 Å². The summed E-state index contributed by atoms with van der Waals surface area (Å²) in [6.07, 6.45) is 3.64. The number of thioether (sulfide) groups is 1. The van der Waals surface area contributed by atoms with Crippen LogP contribution in [0.15, 0.2) is 41.8 Å². The highest BCUT2D eigenvalue weighted by molar-refractivity contribution is 7.99. The van der Waals surface area contributed by atoms with E-state index in [0.29, 0.717) is 5.75 Å². The monoisotopic (exact) mass is 353 g/mol. The number of carbonyl (C=O) groups excluding carboxylic acids is 1. The van der Waals surface area contributed by atoms with Crippen LogP contribution in [0.2, 0.25) is 0 Å². The Bertz CT molecular complexity index is 937. The van der Waals surface area contributed by atoms with E-state index in [2.05, 4.69) is 41.6 Å². The van der Waals surface area contributed by atoms with Gasteiger partial charge in [0.05, 0.1) is 5.75 Å². The first-order chi connectivity index (χ1) is 11.9. The predicted octanol–water partition coefficient (Wildman–Crippen LogP) is 4.42. The van der Waals surface area contributed by atoms with Crippen LogP contribution in [0.5, 0.6) is 0 Å². The van der Waals surface area contributed by atoms with Crippen molar-refractivity contribution in [2.24, 2.45) is 7.05 Å². The molecule has 0 fully saturated rings. The Hall–Kier alpha value is -2.27. The van der Waals surface area contributed by atoms with E-state index in [9.17, 15) is 4.79 Å². The SMILES string of the molecule is Cc1ccc(-n2c(C)cc(C(=O)CSc3nccn3C)c2C)cc1C. The molecule has 0 saturated heterocycles. The van der Waals surface area contributed by atoms with Gasteiger partial charge in [-0.2, -0.15) is 0 Å². The van der Waals surface area contributed by atoms with Crippen LogP contribution in [-0.4, -0.2) is 25.7 Å². The molecule has 2 aromatic heterocycles. The number of ketones is 1. The number of carbonyl (C=O) groups is 1. The van der Waals surface area contributed by atoms with Crippen LogP contribution in [0.1, 0.15) is 32.9 Å². The van der Waals surface area contributed by atoms with Crippen LogP contribution in [0.4, 0.5) is 0 Å². The number of hydrogen-bond donors (Lipinski definition) is 0. The normalized spacial score (nSPS) is 11.1. The van der Waals surface area contributed by atoms with Gasteiger partial charge >= 0.3 is 0 Å². The summed E-state index contributed by atoms with van der Waals surface area (Å²) in [5.41, 5.74) is 6.49. The molecule has 130 valence electrons. The fraction of sp³-hybridized carbons (Fsp3) is 0.300. The second kappa shape index (κ2) is 6.92. The molecule has 1 aromatic carbocycles. The van der Waals surface area contributed by atoms with Crippen molar-refractivity contribution in [2.75, 3.05) is 5.75 Å². The van der Waals surface area contributed by atoms with Crippen LogP contribution in [0, 0.1) is 27.7 Å². The lowest BCUT2D eigenvalue weighted by atomic mass is 10.1. The van der Waals surface area contributed by atoms with E-state index in [1.165, 1.54) is 22.9 Å². The molecule has 3 aromatic rings. The maximum atomic E-state index is 12.7. The average molecular weight is 353 g/mol. The minimum absolute atomic E-state index is 0.135. The number of imidazole rings is 1. The van der Waals surface area contributed by atoms with E-state index in [-0.39, 0.29) is 5.78 Å². The average Bonchev–Trinajstić information content (AvgIpc) is 3.11. The van der Waals surface area contributed by atoms with Gasteiger partial charge in [0.25, 0.3) is 0 Å². The lowest BCUT2D eigenvalue weighted by Gasteiger charge is -2.12. The Morgan fingerprint density at radius 1 is 1.12 bits per heavy atom. The molecule has 3 rings (SSSR count). The van der Waals surface area contributed by atoms with Gasteiger partial charge in [-0.3, -0.25) is 4.79 Å². The van der Waals surface area contributed by atoms with Crippen molar-refractivity contribution in [1.82, 2.24) is 14.1 Å². The molecule has 0 atom stereocenters. The Morgan fingerprint density at radius 2 is 1.88 bits per heavy atom. The molecule has 0 aliphatic rings. The number of Topliss-reactive ketones (excluding diaryl/α,β-unsaturated/α-hetero) is 1. The second-order valence-electron chi connectivity index (χ2n) is 6.42. The number of benzene rings is 1. The Morgan fingerprint density at radius 3 is 2.52 bits per heavy atom. The summed E-state index contributed by atoms with van der Waals surface area (Å²) >= 11 is 1.47. The maximum Gasteiger partial charge on any atom is 0.175 e. The fourth-order valence-electron chi connectivity index (χ4n) is 3.01. The van der Waals surface area contributed by atoms with Crippen molar-refractivity contribution in [1.29, 1.82) is 0 Å². The fourth-order valence-corrected chi connectivity index (χ4v) is 3.82. The van der Waals surface area contributed by atoms with Gasteiger partial charge in [-0.15, -0.1) is 0 Å². The van der Waals surface area contributed by atoms with Crippen LogP contribution in [0.3, 0.4) is 0 Å². The smallest absolute Gasteiger partial charge is 0.175 e. The largest absolute Gasteiger partial charge is 0.329 e. The summed E-state index contributed by atoms with van der Waals surface area (Å²) in [4.78, 5) is 17.0. The van der Waals surface area contributed by atoms with Crippen LogP contribution in [0.25, 0.3) is 5.69 Å². The lowest BCUT2D eigenvalue weighted by Crippen LogP contribution is -2.06. The summed E-state index contributed by atoms with van der Waals surface area (Å²) in [5.74, 6) is 0.526. The standard InChI is InChI=1S/C20H23N3OS/c1-13-6-7-17(10-14(13)2)23-15(3)11-18(16(23)4)19(24)12-25-20-21-8-9-22(20)5/h6-11H,12H2,1-5H3. The van der Waals surface area contributed by atoms with Crippen LogP contribution < -0.4 is 0 Å². The van der Waals surface area contributed by atoms with Crippen molar-refractivity contribution < 1.29 is 4.79 Å². The van der Waals surface area contributed by atoms with Gasteiger partial charge in [-0.1, -0.05) is 17.8 Å². The molecule has 0 radical (unpaired) electrons. The summed E-state index contributed by atoms with van der Waals surface area (Å²) in [6, 6.07) is 8.40. The van der Waals surface area contributed by atoms with E-state index < -0.39 is 0 Å². The summed E-state index contributed by atoms with van der Waals surface area (Å²) < 4.78 is 4.08. The molecule has 0 N–H and O–H groups in total. The first-order valence-electron chi connectivity index (χ1n) is 8.28. The first-order valence-corrected chi connectivity index (χ1v) is 9.27. The van der Waals surface area contributed by atoms with Gasteiger partial charge in [0, 0.05) is 42.1 Å². The zero-order valence-electron chi connectivity index (χ0n) is 15.3. The summed E-state index contributed by atoms with van der Waals surface area (Å²) in [5, 5.41) is 0.858. The minimum Gasteiger partial charge on any atom is -0.329 e. The van der Waals surface area contributed by atoms with Gasteiger partial charge in [-0.25, -0.2) is 4.98 Å². The second-order valence-corrected chi connectivity index (χ2v) is 7.36. The zero-order valence-corrected chi connectivity index (χ0v) is 16.1. The Kier molecular flexibility index (Phi) is 4.86. The van der Waals surface area contributed by atoms with E-state index in [1.54, 1.807) is 6.20 Å². The van der Waals surface area contributed by atoms with Crippen LogP contribution in [-0.2, 0) is 7.05 Å². The molecule has 4 nitrogen and oxygen atoms in total. The van der Waals surface area contributed by atoms with E-state index in [4.69, 9.17) is 0 Å². The highest BCUT2D eigenvalue weighted by Crippen LogP contribution is 2.25. The number of nitrogens with zero attached hydrogens (tertiary/aromatic N) is 3. The van der Waals surface area contributed by atoms with E-state index in [1.807, 2.05) is 37.7 Å². The molecule has 0 aliphatic heterocycles. The molecule has 25 heavy (non-hydrogen) atoms. The lowest BCUT2D eigenvalue weighted by molar-refractivity contribution is 0.102. The van der Waals surface area contributed by atoms with E-state index in [0.717, 1.165) is 27.8 Å². The molecule has 0 unspecified atom stereocenters. The highest BCUT2D eigenvalue weighted by Gasteiger charge is 2.17. The third-order valence-electron chi connectivity index (χ3n) is 4.59. The van der Waals surface area contributed by atoms with Gasteiger partial charge in [0.15, 0.2) is 10.9 Å². The highest BCUT2D eigenvalue weighted by atomic mass is 32.2. The molecule has 0 bridgehead atoms. The first kappa shape index (κ1) is 17.5. The zero-order chi connectivity index (χ0) is 18.1. The maximum absolute atomic E-state index is 12.7. The van der Waals surface area contributed by atoms with Gasteiger partial charge in [0.1, 0.15) is 0 Å². The Balaban J connectivity index is 1.87. The van der Waals surface area contributed by atoms with Gasteiger partial charge < -0.3 is 9.13 Å². The number of hydrogen-bond acceptors (Lipinski definition) is 3. The molecule has 0 aliphatic carbocycles. The number of aromatic nitrogens is 3. The summed E-state index contributed by atoms with van der Waals surface area (Å²) in [7, 11) is 1.94. The molecule has 2 heterocycles.